The van der Waals surface area contributed by atoms with Gasteiger partial charge in [0.1, 0.15) is 5.75 Å². The van der Waals surface area contributed by atoms with E-state index in [1.807, 2.05) is 37.3 Å². The van der Waals surface area contributed by atoms with Crippen molar-refractivity contribution < 1.29 is 13.5 Å². The lowest BCUT2D eigenvalue weighted by molar-refractivity contribution is -0.0498. The number of rotatable bonds is 6. The fraction of sp³-hybridized carbons (Fsp3) is 0.250. The van der Waals surface area contributed by atoms with Gasteiger partial charge >= 0.3 is 6.61 Å². The molecule has 0 radical (unpaired) electrons. The molecule has 0 fully saturated rings. The van der Waals surface area contributed by atoms with Crippen molar-refractivity contribution in [1.82, 2.24) is 5.32 Å². The van der Waals surface area contributed by atoms with Crippen molar-refractivity contribution in [3.05, 3.63) is 65.7 Å². The van der Waals surface area contributed by atoms with Gasteiger partial charge in [-0.25, -0.2) is 0 Å². The van der Waals surface area contributed by atoms with E-state index in [2.05, 4.69) is 10.1 Å². The molecular formula is C16H17F2NO. The first kappa shape index (κ1) is 14.5. The molecule has 1 atom stereocenters. The van der Waals surface area contributed by atoms with E-state index < -0.39 is 6.61 Å². The minimum absolute atomic E-state index is 0.0433. The lowest BCUT2D eigenvalue weighted by Crippen LogP contribution is -2.21. The number of alkyl halides is 2. The fourth-order valence-electron chi connectivity index (χ4n) is 2.12. The van der Waals surface area contributed by atoms with E-state index in [9.17, 15) is 8.78 Å². The quantitative estimate of drug-likeness (QED) is 0.862. The van der Waals surface area contributed by atoms with Gasteiger partial charge in [-0.15, -0.1) is 0 Å². The van der Waals surface area contributed by atoms with Crippen LogP contribution >= 0.6 is 0 Å². The predicted molar refractivity (Wildman–Crippen MR) is 75.0 cm³/mol. The topological polar surface area (TPSA) is 21.3 Å². The van der Waals surface area contributed by atoms with E-state index in [1.165, 1.54) is 0 Å². The van der Waals surface area contributed by atoms with Gasteiger partial charge in [0.25, 0.3) is 0 Å². The molecule has 4 heteroatoms. The van der Waals surface area contributed by atoms with Crippen LogP contribution in [0.1, 0.15) is 24.1 Å². The van der Waals surface area contributed by atoms with Gasteiger partial charge in [0, 0.05) is 0 Å². The molecule has 106 valence electrons. The lowest BCUT2D eigenvalue weighted by atomic mass is 9.98. The highest BCUT2D eigenvalue weighted by atomic mass is 19.3. The number of benzene rings is 2. The zero-order valence-electron chi connectivity index (χ0n) is 11.2. The Morgan fingerprint density at radius 3 is 2.10 bits per heavy atom. The number of nitrogens with one attached hydrogen (secondary N) is 1. The standard InChI is InChI=1S/C16H17F2NO/c1-2-19-15(12-6-4-3-5-7-12)13-8-10-14(11-9-13)20-16(17)18/h3-11,15-16,19H,2H2,1H3. The molecule has 1 N–H and O–H groups in total. The average Bonchev–Trinajstić information content (AvgIpc) is 2.46. The third-order valence-corrected chi connectivity index (χ3v) is 2.98. The maximum atomic E-state index is 12.1. The van der Waals surface area contributed by atoms with Gasteiger partial charge in [-0.1, -0.05) is 49.4 Å². The second kappa shape index (κ2) is 7.01. The van der Waals surface area contributed by atoms with Gasteiger partial charge in [0.2, 0.25) is 0 Å². The lowest BCUT2D eigenvalue weighted by Gasteiger charge is -2.19. The van der Waals surface area contributed by atoms with E-state index in [1.54, 1.807) is 24.3 Å². The van der Waals surface area contributed by atoms with Crippen molar-refractivity contribution in [2.45, 2.75) is 19.6 Å². The molecule has 0 aliphatic heterocycles. The molecule has 0 heterocycles. The molecule has 2 rings (SSSR count). The molecular weight excluding hydrogens is 260 g/mol. The molecule has 0 saturated carbocycles. The van der Waals surface area contributed by atoms with Gasteiger partial charge in [-0.3, -0.25) is 0 Å². The Bertz CT molecular complexity index is 514. The van der Waals surface area contributed by atoms with Gasteiger partial charge in [0.05, 0.1) is 6.04 Å². The maximum absolute atomic E-state index is 12.1. The highest BCUT2D eigenvalue weighted by Crippen LogP contribution is 2.24. The first-order valence-electron chi connectivity index (χ1n) is 6.53. The van der Waals surface area contributed by atoms with Crippen LogP contribution in [-0.2, 0) is 0 Å². The smallest absolute Gasteiger partial charge is 0.387 e. The van der Waals surface area contributed by atoms with Crippen molar-refractivity contribution in [1.29, 1.82) is 0 Å². The van der Waals surface area contributed by atoms with Gasteiger partial charge in [0.15, 0.2) is 0 Å². The number of halogens is 2. The van der Waals surface area contributed by atoms with Gasteiger partial charge in [-0.2, -0.15) is 8.78 Å². The molecule has 1 unspecified atom stereocenters. The summed E-state index contributed by atoms with van der Waals surface area (Å²) in [5.41, 5.74) is 2.15. The molecule has 0 aliphatic carbocycles. The van der Waals surface area contributed by atoms with Crippen LogP contribution in [0.3, 0.4) is 0 Å². The van der Waals surface area contributed by atoms with Crippen molar-refractivity contribution in [3.8, 4) is 5.75 Å². The molecule has 0 bridgehead atoms. The molecule has 0 saturated heterocycles. The van der Waals surface area contributed by atoms with Crippen LogP contribution in [0, 0.1) is 0 Å². The molecule has 2 nitrogen and oxygen atoms in total. The zero-order valence-corrected chi connectivity index (χ0v) is 11.2. The maximum Gasteiger partial charge on any atom is 0.387 e. The Morgan fingerprint density at radius 1 is 0.950 bits per heavy atom. The summed E-state index contributed by atoms with van der Waals surface area (Å²) in [5, 5.41) is 3.39. The second-order valence-electron chi connectivity index (χ2n) is 4.35. The molecule has 0 spiro atoms. The minimum atomic E-state index is -2.79. The van der Waals surface area contributed by atoms with Crippen LogP contribution in [-0.4, -0.2) is 13.2 Å². The summed E-state index contributed by atoms with van der Waals surface area (Å²) in [6.45, 7) is 0.0542. The molecule has 20 heavy (non-hydrogen) atoms. The SMILES string of the molecule is CCNC(c1ccccc1)c1ccc(OC(F)F)cc1. The molecule has 2 aromatic carbocycles. The molecule has 0 aromatic heterocycles. The van der Waals surface area contributed by atoms with Crippen LogP contribution in [0.4, 0.5) is 8.78 Å². The second-order valence-corrected chi connectivity index (χ2v) is 4.35. The Hall–Kier alpha value is -1.94. The van der Waals surface area contributed by atoms with E-state index in [4.69, 9.17) is 0 Å². The Labute approximate surface area is 117 Å². The zero-order chi connectivity index (χ0) is 14.4. The van der Waals surface area contributed by atoms with Crippen molar-refractivity contribution in [3.63, 3.8) is 0 Å². The summed E-state index contributed by atoms with van der Waals surface area (Å²) in [6, 6.07) is 16.8. The van der Waals surface area contributed by atoms with Crippen LogP contribution in [0.2, 0.25) is 0 Å². The van der Waals surface area contributed by atoms with Crippen molar-refractivity contribution in [2.24, 2.45) is 0 Å². The molecule has 2 aromatic rings. The van der Waals surface area contributed by atoms with Crippen LogP contribution in [0.5, 0.6) is 5.75 Å². The van der Waals surface area contributed by atoms with E-state index in [0.29, 0.717) is 0 Å². The normalized spacial score (nSPS) is 12.4. The Kier molecular flexibility index (Phi) is 5.07. The van der Waals surface area contributed by atoms with Crippen LogP contribution < -0.4 is 10.1 Å². The van der Waals surface area contributed by atoms with E-state index >= 15 is 0 Å². The molecule has 0 aliphatic rings. The highest BCUT2D eigenvalue weighted by molar-refractivity contribution is 5.35. The van der Waals surface area contributed by atoms with Crippen LogP contribution in [0.25, 0.3) is 0 Å². The van der Waals surface area contributed by atoms with Gasteiger partial charge < -0.3 is 10.1 Å². The van der Waals surface area contributed by atoms with Crippen LogP contribution in [0.15, 0.2) is 54.6 Å². The summed E-state index contributed by atoms with van der Waals surface area (Å²) >= 11 is 0. The average molecular weight is 277 g/mol. The van der Waals surface area contributed by atoms with Crippen molar-refractivity contribution >= 4 is 0 Å². The summed E-state index contributed by atoms with van der Waals surface area (Å²) in [6.07, 6.45) is 0. The van der Waals surface area contributed by atoms with E-state index in [0.717, 1.165) is 17.7 Å². The minimum Gasteiger partial charge on any atom is -0.435 e. The predicted octanol–water partition coefficient (Wildman–Crippen LogP) is 3.99. The highest BCUT2D eigenvalue weighted by Gasteiger charge is 2.13. The first-order chi connectivity index (χ1) is 9.70. The Morgan fingerprint density at radius 2 is 1.55 bits per heavy atom. The largest absolute Gasteiger partial charge is 0.435 e. The van der Waals surface area contributed by atoms with Gasteiger partial charge in [-0.05, 0) is 29.8 Å². The number of hydrogen-bond donors (Lipinski definition) is 1. The monoisotopic (exact) mass is 277 g/mol. The first-order valence-corrected chi connectivity index (χ1v) is 6.53. The number of ether oxygens (including phenoxy) is 1. The number of hydrogen-bond acceptors (Lipinski definition) is 2. The summed E-state index contributed by atoms with van der Waals surface area (Å²) in [7, 11) is 0. The third kappa shape index (κ3) is 3.78. The fourth-order valence-corrected chi connectivity index (χ4v) is 2.12. The summed E-state index contributed by atoms with van der Waals surface area (Å²) in [4.78, 5) is 0. The Balaban J connectivity index is 2.21. The summed E-state index contributed by atoms with van der Waals surface area (Å²) in [5.74, 6) is 0.173. The summed E-state index contributed by atoms with van der Waals surface area (Å²) < 4.78 is 28.6. The van der Waals surface area contributed by atoms with Crippen molar-refractivity contribution in [2.75, 3.05) is 6.54 Å². The van der Waals surface area contributed by atoms with E-state index in [-0.39, 0.29) is 11.8 Å². The molecule has 0 amide bonds. The third-order valence-electron chi connectivity index (χ3n) is 2.98.